The standard InChI is InChI=1S/C8H8NO3/c1-12-7-4-2-3-6(5-7)9-8(10)11/h2-5,9H,1H3. The molecule has 0 saturated carbocycles. The number of ether oxygens (including phenoxy) is 1. The Labute approximate surface area is 69.8 Å². The van der Waals surface area contributed by atoms with E-state index in [0.717, 1.165) is 0 Å². The topological polar surface area (TPSA) is 58.2 Å². The maximum atomic E-state index is 10.1. The summed E-state index contributed by atoms with van der Waals surface area (Å²) in [5, 5.41) is 12.2. The van der Waals surface area contributed by atoms with Crippen molar-refractivity contribution in [1.82, 2.24) is 0 Å². The number of carbonyl (C=O) groups is 1. The second-order valence-electron chi connectivity index (χ2n) is 2.14. The lowest BCUT2D eigenvalue weighted by Crippen LogP contribution is -2.05. The second kappa shape index (κ2) is 3.61. The van der Waals surface area contributed by atoms with Gasteiger partial charge in [0, 0.05) is 11.8 Å². The Kier molecular flexibility index (Phi) is 2.53. The van der Waals surface area contributed by atoms with Crippen molar-refractivity contribution in [3.8, 4) is 5.75 Å². The molecule has 0 aromatic heterocycles. The van der Waals surface area contributed by atoms with Crippen LogP contribution in [0.4, 0.5) is 10.5 Å². The summed E-state index contributed by atoms with van der Waals surface area (Å²) in [6.45, 7) is 0. The van der Waals surface area contributed by atoms with Crippen molar-refractivity contribution in [2.24, 2.45) is 0 Å². The van der Waals surface area contributed by atoms with Gasteiger partial charge in [-0.15, -0.1) is 0 Å². The number of benzene rings is 1. The average Bonchev–Trinajstić information content (AvgIpc) is 2.03. The summed E-state index contributed by atoms with van der Waals surface area (Å²) in [4.78, 5) is 10.1. The van der Waals surface area contributed by atoms with Crippen molar-refractivity contribution >= 4 is 11.8 Å². The second-order valence-corrected chi connectivity index (χ2v) is 2.14. The van der Waals surface area contributed by atoms with Gasteiger partial charge in [0.1, 0.15) is 5.75 Å². The van der Waals surface area contributed by atoms with Crippen LogP contribution in [0.25, 0.3) is 0 Å². The van der Waals surface area contributed by atoms with Crippen molar-refractivity contribution < 1.29 is 14.6 Å². The molecule has 12 heavy (non-hydrogen) atoms. The van der Waals surface area contributed by atoms with E-state index in [1.807, 2.05) is 0 Å². The van der Waals surface area contributed by atoms with Gasteiger partial charge in [0.15, 0.2) is 0 Å². The summed E-state index contributed by atoms with van der Waals surface area (Å²) >= 11 is 0. The predicted octanol–water partition coefficient (Wildman–Crippen LogP) is 1.66. The van der Waals surface area contributed by atoms with E-state index in [0.29, 0.717) is 11.4 Å². The molecule has 1 rings (SSSR count). The zero-order chi connectivity index (χ0) is 8.97. The molecule has 0 atom stereocenters. The third kappa shape index (κ3) is 2.16. The van der Waals surface area contributed by atoms with Gasteiger partial charge in [-0.05, 0) is 12.1 Å². The number of rotatable bonds is 2. The van der Waals surface area contributed by atoms with Crippen molar-refractivity contribution in [2.45, 2.75) is 0 Å². The highest BCUT2D eigenvalue weighted by Gasteiger charge is 1.99. The van der Waals surface area contributed by atoms with Gasteiger partial charge in [-0.25, -0.2) is 9.90 Å². The fraction of sp³-hybridized carbons (Fsp3) is 0.125. The third-order valence-corrected chi connectivity index (χ3v) is 1.32. The van der Waals surface area contributed by atoms with Gasteiger partial charge in [0.25, 0.3) is 0 Å². The molecule has 63 valence electrons. The van der Waals surface area contributed by atoms with E-state index in [1.54, 1.807) is 24.3 Å². The molecule has 0 fully saturated rings. The summed E-state index contributed by atoms with van der Waals surface area (Å²) in [6.07, 6.45) is -1.33. The zero-order valence-corrected chi connectivity index (χ0v) is 6.53. The first kappa shape index (κ1) is 8.39. The summed E-state index contributed by atoms with van der Waals surface area (Å²) in [7, 11) is 1.51. The van der Waals surface area contributed by atoms with Gasteiger partial charge in [-0.3, -0.25) is 5.32 Å². The monoisotopic (exact) mass is 166 g/mol. The Morgan fingerprint density at radius 3 is 2.83 bits per heavy atom. The maximum absolute atomic E-state index is 10.1. The largest absolute Gasteiger partial charge is 0.497 e. The van der Waals surface area contributed by atoms with Crippen LogP contribution in [-0.4, -0.2) is 13.2 Å². The summed E-state index contributed by atoms with van der Waals surface area (Å²) in [6, 6.07) is 6.58. The molecule has 1 aromatic carbocycles. The normalized spacial score (nSPS) is 9.08. The van der Waals surface area contributed by atoms with Gasteiger partial charge >= 0.3 is 6.09 Å². The molecule has 0 spiro atoms. The number of hydrogen-bond acceptors (Lipinski definition) is 2. The van der Waals surface area contributed by atoms with Crippen LogP contribution >= 0.6 is 0 Å². The fourth-order valence-corrected chi connectivity index (χ4v) is 0.819. The highest BCUT2D eigenvalue weighted by atomic mass is 16.5. The quantitative estimate of drug-likeness (QED) is 0.726. The average molecular weight is 166 g/mol. The van der Waals surface area contributed by atoms with E-state index in [2.05, 4.69) is 5.32 Å². The molecule has 0 aliphatic rings. The molecular formula is C8H8NO3. The van der Waals surface area contributed by atoms with E-state index in [9.17, 15) is 9.90 Å². The molecule has 1 aromatic rings. The lowest BCUT2D eigenvalue weighted by molar-refractivity contribution is 0.185. The van der Waals surface area contributed by atoms with Gasteiger partial charge in [-0.2, -0.15) is 0 Å². The molecule has 0 saturated heterocycles. The van der Waals surface area contributed by atoms with Crippen LogP contribution in [0.3, 0.4) is 0 Å². The first-order valence-corrected chi connectivity index (χ1v) is 3.34. The molecule has 0 aliphatic carbocycles. The van der Waals surface area contributed by atoms with Crippen molar-refractivity contribution in [3.05, 3.63) is 24.3 Å². The number of methoxy groups -OCH3 is 1. The van der Waals surface area contributed by atoms with Crippen LogP contribution in [0.15, 0.2) is 24.3 Å². The summed E-state index contributed by atoms with van der Waals surface area (Å²) < 4.78 is 4.88. The zero-order valence-electron chi connectivity index (χ0n) is 6.53. The van der Waals surface area contributed by atoms with E-state index in [1.165, 1.54) is 7.11 Å². The SMILES string of the molecule is COc1cccc(NC([O])=O)c1. The minimum Gasteiger partial charge on any atom is -0.497 e. The molecule has 4 heteroatoms. The van der Waals surface area contributed by atoms with Crippen molar-refractivity contribution in [2.75, 3.05) is 12.4 Å². The number of anilines is 1. The molecule has 1 radical (unpaired) electrons. The molecule has 0 aliphatic heterocycles. The van der Waals surface area contributed by atoms with Crippen LogP contribution in [0.1, 0.15) is 0 Å². The van der Waals surface area contributed by atoms with Gasteiger partial charge in [-0.1, -0.05) is 6.07 Å². The summed E-state index contributed by atoms with van der Waals surface area (Å²) in [5.74, 6) is 0.598. The maximum Gasteiger partial charge on any atom is 0.454 e. The lowest BCUT2D eigenvalue weighted by atomic mass is 10.3. The summed E-state index contributed by atoms with van der Waals surface area (Å²) in [5.41, 5.74) is 0.439. The molecular weight excluding hydrogens is 158 g/mol. The Bertz CT molecular complexity index is 285. The molecule has 1 N–H and O–H groups in total. The molecule has 0 bridgehead atoms. The minimum absolute atomic E-state index is 0.439. The highest BCUT2D eigenvalue weighted by molar-refractivity contribution is 5.82. The predicted molar refractivity (Wildman–Crippen MR) is 42.7 cm³/mol. The van der Waals surface area contributed by atoms with Crippen LogP contribution in [0.2, 0.25) is 0 Å². The Morgan fingerprint density at radius 2 is 2.25 bits per heavy atom. The van der Waals surface area contributed by atoms with Gasteiger partial charge < -0.3 is 4.74 Å². The van der Waals surface area contributed by atoms with Crippen LogP contribution < -0.4 is 10.1 Å². The van der Waals surface area contributed by atoms with Gasteiger partial charge in [0.05, 0.1) is 7.11 Å². The van der Waals surface area contributed by atoms with Crippen LogP contribution in [0, 0.1) is 0 Å². The van der Waals surface area contributed by atoms with E-state index >= 15 is 0 Å². The lowest BCUT2D eigenvalue weighted by Gasteiger charge is -2.01. The Balaban J connectivity index is 2.79. The number of carbonyl (C=O) groups excluding carboxylic acids is 1. The first-order chi connectivity index (χ1) is 5.72. The smallest absolute Gasteiger partial charge is 0.454 e. The number of amides is 1. The van der Waals surface area contributed by atoms with Crippen molar-refractivity contribution in [3.63, 3.8) is 0 Å². The Hall–Kier alpha value is -1.71. The Morgan fingerprint density at radius 1 is 1.50 bits per heavy atom. The number of hydrogen-bond donors (Lipinski definition) is 1. The van der Waals surface area contributed by atoms with Crippen LogP contribution in [0.5, 0.6) is 5.75 Å². The first-order valence-electron chi connectivity index (χ1n) is 3.34. The molecule has 4 nitrogen and oxygen atoms in total. The van der Waals surface area contributed by atoms with E-state index < -0.39 is 6.09 Å². The highest BCUT2D eigenvalue weighted by Crippen LogP contribution is 2.16. The van der Waals surface area contributed by atoms with E-state index in [-0.39, 0.29) is 0 Å². The number of nitrogens with one attached hydrogen (secondary N) is 1. The molecule has 0 heterocycles. The van der Waals surface area contributed by atoms with Crippen LogP contribution in [-0.2, 0) is 5.11 Å². The van der Waals surface area contributed by atoms with Gasteiger partial charge in [0.2, 0.25) is 0 Å². The minimum atomic E-state index is -1.33. The fourth-order valence-electron chi connectivity index (χ4n) is 0.819. The molecule has 1 amide bonds. The third-order valence-electron chi connectivity index (χ3n) is 1.32. The van der Waals surface area contributed by atoms with E-state index in [4.69, 9.17) is 4.74 Å². The van der Waals surface area contributed by atoms with Crippen molar-refractivity contribution in [1.29, 1.82) is 0 Å². The molecule has 0 unspecified atom stereocenters.